The molecule has 25 heavy (non-hydrogen) atoms. The van der Waals surface area contributed by atoms with E-state index in [1.807, 2.05) is 60.7 Å². The Labute approximate surface area is 149 Å². The maximum Gasteiger partial charge on any atom is 0.340 e. The number of ether oxygens (including phenoxy) is 2. The topological polar surface area (TPSA) is 52.6 Å². The second-order valence-corrected chi connectivity index (χ2v) is 6.25. The second-order valence-electron chi connectivity index (χ2n) is 5.23. The molecule has 0 aliphatic heterocycles. The van der Waals surface area contributed by atoms with Gasteiger partial charge in [-0.15, -0.1) is 11.3 Å². The van der Waals surface area contributed by atoms with Crippen LogP contribution in [0.3, 0.4) is 0 Å². The summed E-state index contributed by atoms with van der Waals surface area (Å²) in [4.78, 5) is 26.3. The third-order valence-electron chi connectivity index (χ3n) is 3.76. The number of hydrogen-bond acceptors (Lipinski definition) is 5. The average Bonchev–Trinajstić information content (AvgIpc) is 3.08. The van der Waals surface area contributed by atoms with Crippen molar-refractivity contribution < 1.29 is 19.1 Å². The first-order valence-electron chi connectivity index (χ1n) is 7.61. The van der Waals surface area contributed by atoms with Gasteiger partial charge in [-0.2, -0.15) is 0 Å². The van der Waals surface area contributed by atoms with E-state index >= 15 is 0 Å². The molecule has 0 bridgehead atoms. The van der Waals surface area contributed by atoms with E-state index in [2.05, 4.69) is 0 Å². The van der Waals surface area contributed by atoms with E-state index in [9.17, 15) is 9.59 Å². The van der Waals surface area contributed by atoms with Crippen molar-refractivity contribution in [2.75, 3.05) is 14.2 Å². The molecule has 3 rings (SSSR count). The van der Waals surface area contributed by atoms with Gasteiger partial charge in [-0.3, -0.25) is 0 Å². The highest BCUT2D eigenvalue weighted by atomic mass is 32.1. The Balaban J connectivity index is 2.34. The van der Waals surface area contributed by atoms with E-state index in [0.29, 0.717) is 9.75 Å². The number of esters is 2. The molecule has 0 saturated carbocycles. The predicted molar refractivity (Wildman–Crippen MR) is 97.9 cm³/mol. The zero-order chi connectivity index (χ0) is 17.8. The van der Waals surface area contributed by atoms with E-state index in [1.165, 1.54) is 25.6 Å². The molecule has 0 amide bonds. The van der Waals surface area contributed by atoms with E-state index in [-0.39, 0.29) is 11.1 Å². The van der Waals surface area contributed by atoms with Crippen molar-refractivity contribution in [2.45, 2.75) is 0 Å². The zero-order valence-electron chi connectivity index (χ0n) is 13.8. The lowest BCUT2D eigenvalue weighted by Crippen LogP contribution is -2.11. The van der Waals surface area contributed by atoms with Gasteiger partial charge in [0.15, 0.2) is 0 Å². The summed E-state index contributed by atoms with van der Waals surface area (Å²) in [5.74, 6) is -1.12. The maximum absolute atomic E-state index is 12.5. The van der Waals surface area contributed by atoms with Crippen LogP contribution < -0.4 is 0 Å². The molecule has 5 heteroatoms. The Bertz CT molecular complexity index is 824. The van der Waals surface area contributed by atoms with E-state index in [4.69, 9.17) is 9.47 Å². The van der Waals surface area contributed by atoms with Gasteiger partial charge in [-0.1, -0.05) is 60.7 Å². The molecule has 0 saturated heterocycles. The molecule has 0 aliphatic carbocycles. The van der Waals surface area contributed by atoms with Gasteiger partial charge in [0, 0.05) is 0 Å². The molecule has 0 unspecified atom stereocenters. The van der Waals surface area contributed by atoms with Crippen molar-refractivity contribution >= 4 is 23.3 Å². The monoisotopic (exact) mass is 352 g/mol. The van der Waals surface area contributed by atoms with Crippen LogP contribution in [0.1, 0.15) is 20.7 Å². The van der Waals surface area contributed by atoms with Gasteiger partial charge in [0.25, 0.3) is 0 Å². The Hall–Kier alpha value is -2.92. The SMILES string of the molecule is COC(=O)c1c(-c2ccccc2)sc(-c2ccccc2)c1C(=O)OC. The van der Waals surface area contributed by atoms with Crippen molar-refractivity contribution in [2.24, 2.45) is 0 Å². The lowest BCUT2D eigenvalue weighted by Gasteiger charge is -2.06. The molecule has 1 aromatic heterocycles. The Kier molecular flexibility index (Phi) is 4.95. The van der Waals surface area contributed by atoms with Gasteiger partial charge in [0.05, 0.1) is 35.1 Å². The van der Waals surface area contributed by atoms with Gasteiger partial charge in [0.1, 0.15) is 0 Å². The molecule has 1 heterocycles. The number of benzene rings is 2. The lowest BCUT2D eigenvalue weighted by atomic mass is 10.0. The second kappa shape index (κ2) is 7.32. The number of carbonyl (C=O) groups is 2. The normalized spacial score (nSPS) is 10.3. The Morgan fingerprint density at radius 3 is 1.36 bits per heavy atom. The fourth-order valence-electron chi connectivity index (χ4n) is 2.61. The van der Waals surface area contributed by atoms with Gasteiger partial charge in [-0.05, 0) is 11.1 Å². The summed E-state index contributed by atoms with van der Waals surface area (Å²) in [7, 11) is 2.61. The van der Waals surface area contributed by atoms with E-state index < -0.39 is 11.9 Å². The molecule has 4 nitrogen and oxygen atoms in total. The number of hydrogen-bond donors (Lipinski definition) is 0. The molecule has 0 radical (unpaired) electrons. The highest BCUT2D eigenvalue weighted by Gasteiger charge is 2.30. The first-order valence-corrected chi connectivity index (χ1v) is 8.43. The standard InChI is InChI=1S/C20H16O4S/c1-23-19(21)15-16(20(22)24-2)18(14-11-7-4-8-12-14)25-17(15)13-9-5-3-6-10-13/h3-12H,1-2H3. The highest BCUT2D eigenvalue weighted by Crippen LogP contribution is 2.43. The summed E-state index contributed by atoms with van der Waals surface area (Å²) in [6, 6.07) is 18.9. The van der Waals surface area contributed by atoms with Crippen LogP contribution in [0, 0.1) is 0 Å². The lowest BCUT2D eigenvalue weighted by molar-refractivity contribution is 0.0558. The van der Waals surface area contributed by atoms with Gasteiger partial charge < -0.3 is 9.47 Å². The summed E-state index contributed by atoms with van der Waals surface area (Å²) in [6.07, 6.45) is 0. The largest absolute Gasteiger partial charge is 0.465 e. The van der Waals surface area contributed by atoms with Crippen LogP contribution in [-0.2, 0) is 9.47 Å². The summed E-state index contributed by atoms with van der Waals surface area (Å²) in [6.45, 7) is 0. The van der Waals surface area contributed by atoms with Crippen LogP contribution in [0.4, 0.5) is 0 Å². The Morgan fingerprint density at radius 1 is 0.680 bits per heavy atom. The van der Waals surface area contributed by atoms with Crippen molar-refractivity contribution in [1.82, 2.24) is 0 Å². The molecule has 0 spiro atoms. The molecule has 0 atom stereocenters. The smallest absolute Gasteiger partial charge is 0.340 e. The molecular formula is C20H16O4S. The van der Waals surface area contributed by atoms with Crippen molar-refractivity contribution in [3.8, 4) is 20.9 Å². The number of methoxy groups -OCH3 is 2. The molecule has 2 aromatic carbocycles. The molecule has 126 valence electrons. The maximum atomic E-state index is 12.5. The molecule has 0 N–H and O–H groups in total. The number of carbonyl (C=O) groups excluding carboxylic acids is 2. The number of thiophene rings is 1. The van der Waals surface area contributed by atoms with Crippen LogP contribution in [0.25, 0.3) is 20.9 Å². The van der Waals surface area contributed by atoms with Crippen LogP contribution in [-0.4, -0.2) is 26.2 Å². The van der Waals surface area contributed by atoms with Crippen molar-refractivity contribution in [1.29, 1.82) is 0 Å². The zero-order valence-corrected chi connectivity index (χ0v) is 14.6. The van der Waals surface area contributed by atoms with Gasteiger partial charge in [-0.25, -0.2) is 9.59 Å². The van der Waals surface area contributed by atoms with Crippen LogP contribution >= 0.6 is 11.3 Å². The first kappa shape index (κ1) is 16.9. The molecule has 0 aliphatic rings. The molecular weight excluding hydrogens is 336 g/mol. The van der Waals surface area contributed by atoms with Gasteiger partial charge >= 0.3 is 11.9 Å². The van der Waals surface area contributed by atoms with Crippen LogP contribution in [0.15, 0.2) is 60.7 Å². The minimum Gasteiger partial charge on any atom is -0.465 e. The molecule has 0 fully saturated rings. The summed E-state index contributed by atoms with van der Waals surface area (Å²) >= 11 is 1.38. The van der Waals surface area contributed by atoms with Gasteiger partial charge in [0.2, 0.25) is 0 Å². The van der Waals surface area contributed by atoms with Crippen LogP contribution in [0.5, 0.6) is 0 Å². The summed E-state index contributed by atoms with van der Waals surface area (Å²) in [5, 5.41) is 0. The van der Waals surface area contributed by atoms with Crippen molar-refractivity contribution in [3.63, 3.8) is 0 Å². The fraction of sp³-hybridized carbons (Fsp3) is 0.100. The van der Waals surface area contributed by atoms with Crippen LogP contribution in [0.2, 0.25) is 0 Å². The predicted octanol–water partition coefficient (Wildman–Crippen LogP) is 4.66. The van der Waals surface area contributed by atoms with E-state index in [0.717, 1.165) is 11.1 Å². The van der Waals surface area contributed by atoms with E-state index in [1.54, 1.807) is 0 Å². The quantitative estimate of drug-likeness (QED) is 0.641. The highest BCUT2D eigenvalue weighted by molar-refractivity contribution is 7.19. The fourth-order valence-corrected chi connectivity index (χ4v) is 3.90. The minimum absolute atomic E-state index is 0.240. The third kappa shape index (κ3) is 3.19. The number of rotatable bonds is 4. The average molecular weight is 352 g/mol. The third-order valence-corrected chi connectivity index (χ3v) is 5.05. The summed E-state index contributed by atoms with van der Waals surface area (Å²) < 4.78 is 9.89. The minimum atomic E-state index is -0.558. The first-order chi connectivity index (χ1) is 12.2. The molecule has 3 aromatic rings. The summed E-state index contributed by atoms with van der Waals surface area (Å²) in [5.41, 5.74) is 2.18. The van der Waals surface area contributed by atoms with Crippen molar-refractivity contribution in [3.05, 3.63) is 71.8 Å². The Morgan fingerprint density at radius 2 is 1.04 bits per heavy atom.